The molecule has 0 atom stereocenters. The Kier molecular flexibility index (Phi) is 6.75. The second-order valence-electron chi connectivity index (χ2n) is 10.4. The third-order valence-electron chi connectivity index (χ3n) is 6.28. The number of thioether (sulfide) groups is 1. The summed E-state index contributed by atoms with van der Waals surface area (Å²) < 4.78 is 13.2. The molecule has 0 bridgehead atoms. The second-order valence-corrected chi connectivity index (χ2v) is 21.1. The molecule has 0 saturated carbocycles. The van der Waals surface area contributed by atoms with Crippen molar-refractivity contribution in [3.05, 3.63) is 0 Å². The molecule has 1 rings (SSSR count). The van der Waals surface area contributed by atoms with Gasteiger partial charge in [-0.05, 0) is 48.4 Å². The Balaban J connectivity index is 2.74. The van der Waals surface area contributed by atoms with Crippen LogP contribution in [0.5, 0.6) is 0 Å². The molecule has 1 aliphatic rings. The van der Waals surface area contributed by atoms with Gasteiger partial charge in [-0.15, -0.1) is 0 Å². The highest BCUT2D eigenvalue weighted by Gasteiger charge is 2.44. The second kappa shape index (κ2) is 7.14. The van der Waals surface area contributed by atoms with Crippen LogP contribution in [0.2, 0.25) is 36.3 Å². The minimum Gasteiger partial charge on any atom is -0.416 e. The van der Waals surface area contributed by atoms with E-state index in [9.17, 15) is 0 Å². The van der Waals surface area contributed by atoms with Gasteiger partial charge >= 0.3 is 0 Å². The molecule has 0 aliphatic carbocycles. The van der Waals surface area contributed by atoms with Gasteiger partial charge in [0.15, 0.2) is 16.6 Å². The zero-order valence-corrected chi connectivity index (χ0v) is 20.1. The molecule has 23 heavy (non-hydrogen) atoms. The minimum atomic E-state index is -1.68. The van der Waals surface area contributed by atoms with Crippen LogP contribution in [0.3, 0.4) is 0 Å². The van der Waals surface area contributed by atoms with E-state index in [0.29, 0.717) is 0 Å². The van der Waals surface area contributed by atoms with Gasteiger partial charge < -0.3 is 8.85 Å². The predicted molar refractivity (Wildman–Crippen MR) is 111 cm³/mol. The quantitative estimate of drug-likeness (QED) is 0.518. The van der Waals surface area contributed by atoms with Gasteiger partial charge in [-0.2, -0.15) is 11.8 Å². The average Bonchev–Trinajstić information content (AvgIpc) is 2.81. The Hall–Kier alpha value is 0.704. The molecule has 5 heteroatoms. The standard InChI is InChI=1S/C18H40O2SSi2/c1-16(2,3)22(7,8)19-13-18(11-12-21-15-18)14-20-23(9,10)17(4,5)6/h11-15H2,1-10H3. The zero-order valence-electron chi connectivity index (χ0n) is 17.3. The largest absolute Gasteiger partial charge is 0.416 e. The topological polar surface area (TPSA) is 18.5 Å². The van der Waals surface area contributed by atoms with Gasteiger partial charge in [-0.3, -0.25) is 0 Å². The van der Waals surface area contributed by atoms with Gasteiger partial charge in [-0.25, -0.2) is 0 Å². The van der Waals surface area contributed by atoms with Crippen LogP contribution in [0.15, 0.2) is 0 Å². The fraction of sp³-hybridized carbons (Fsp3) is 1.00. The van der Waals surface area contributed by atoms with Crippen molar-refractivity contribution < 1.29 is 8.85 Å². The lowest BCUT2D eigenvalue weighted by molar-refractivity contribution is 0.0860. The van der Waals surface area contributed by atoms with Crippen molar-refractivity contribution in [2.45, 2.75) is 84.2 Å². The Bertz CT molecular complexity index is 357. The summed E-state index contributed by atoms with van der Waals surface area (Å²) in [6.45, 7) is 25.1. The lowest BCUT2D eigenvalue weighted by atomic mass is 9.90. The Morgan fingerprint density at radius 2 is 1.22 bits per heavy atom. The molecular formula is C18H40O2SSi2. The van der Waals surface area contributed by atoms with Gasteiger partial charge in [-0.1, -0.05) is 41.5 Å². The SMILES string of the molecule is CC(C)(C)[Si](C)(C)OCC1(CO[Si](C)(C)C(C)(C)C)CCSC1. The lowest BCUT2D eigenvalue weighted by Gasteiger charge is -2.42. The van der Waals surface area contributed by atoms with E-state index in [1.165, 1.54) is 17.9 Å². The van der Waals surface area contributed by atoms with E-state index in [2.05, 4.69) is 79.5 Å². The van der Waals surface area contributed by atoms with Crippen LogP contribution < -0.4 is 0 Å². The van der Waals surface area contributed by atoms with Crippen LogP contribution >= 0.6 is 11.8 Å². The van der Waals surface area contributed by atoms with Gasteiger partial charge in [0.25, 0.3) is 0 Å². The first-order chi connectivity index (χ1) is 10.1. The summed E-state index contributed by atoms with van der Waals surface area (Å²) in [6, 6.07) is 0. The molecule has 0 N–H and O–H groups in total. The fourth-order valence-corrected chi connectivity index (χ4v) is 5.68. The Morgan fingerprint density at radius 3 is 1.48 bits per heavy atom. The minimum absolute atomic E-state index is 0.232. The lowest BCUT2D eigenvalue weighted by Crippen LogP contribution is -2.48. The van der Waals surface area contributed by atoms with E-state index >= 15 is 0 Å². The number of rotatable bonds is 6. The van der Waals surface area contributed by atoms with E-state index in [-0.39, 0.29) is 15.5 Å². The summed E-state index contributed by atoms with van der Waals surface area (Å²) in [7, 11) is -3.37. The smallest absolute Gasteiger partial charge is 0.192 e. The molecule has 1 saturated heterocycles. The van der Waals surface area contributed by atoms with Gasteiger partial charge in [0.2, 0.25) is 0 Å². The molecule has 0 aromatic carbocycles. The first-order valence-electron chi connectivity index (χ1n) is 8.98. The van der Waals surface area contributed by atoms with E-state index < -0.39 is 16.6 Å². The van der Waals surface area contributed by atoms with Gasteiger partial charge in [0, 0.05) is 24.4 Å². The molecule has 138 valence electrons. The van der Waals surface area contributed by atoms with E-state index in [1.807, 2.05) is 0 Å². The Morgan fingerprint density at radius 1 is 0.826 bits per heavy atom. The molecule has 0 amide bonds. The van der Waals surface area contributed by atoms with Crippen molar-refractivity contribution >= 4 is 28.4 Å². The molecule has 2 nitrogen and oxygen atoms in total. The third kappa shape index (κ3) is 5.60. The summed E-state index contributed by atoms with van der Waals surface area (Å²) in [5, 5.41) is 0.556. The van der Waals surface area contributed by atoms with Gasteiger partial charge in [0.05, 0.1) is 0 Å². The molecule has 0 unspecified atom stereocenters. The predicted octanol–water partition coefficient (Wildman–Crippen LogP) is 6.15. The van der Waals surface area contributed by atoms with Crippen LogP contribution in [0, 0.1) is 5.41 Å². The maximum Gasteiger partial charge on any atom is 0.192 e. The molecular weight excluding hydrogens is 336 g/mol. The van der Waals surface area contributed by atoms with Crippen molar-refractivity contribution in [3.63, 3.8) is 0 Å². The molecule has 0 spiro atoms. The molecule has 1 aliphatic heterocycles. The maximum absolute atomic E-state index is 6.59. The normalized spacial score (nSPS) is 20.1. The summed E-state index contributed by atoms with van der Waals surface area (Å²) in [4.78, 5) is 0. The van der Waals surface area contributed by atoms with Crippen LogP contribution in [0.4, 0.5) is 0 Å². The highest BCUT2D eigenvalue weighted by atomic mass is 32.2. The van der Waals surface area contributed by atoms with Crippen molar-refractivity contribution in [2.24, 2.45) is 5.41 Å². The molecule has 0 radical (unpaired) electrons. The van der Waals surface area contributed by atoms with Crippen molar-refractivity contribution in [1.29, 1.82) is 0 Å². The number of hydrogen-bond acceptors (Lipinski definition) is 3. The zero-order chi connectivity index (χ0) is 18.2. The summed E-state index contributed by atoms with van der Waals surface area (Å²) in [5.41, 5.74) is 0.232. The van der Waals surface area contributed by atoms with Crippen LogP contribution in [-0.4, -0.2) is 41.4 Å². The van der Waals surface area contributed by atoms with Crippen molar-refractivity contribution in [3.8, 4) is 0 Å². The monoisotopic (exact) mass is 376 g/mol. The van der Waals surface area contributed by atoms with E-state index in [0.717, 1.165) is 13.2 Å². The first kappa shape index (κ1) is 21.7. The van der Waals surface area contributed by atoms with Crippen molar-refractivity contribution in [1.82, 2.24) is 0 Å². The molecule has 1 heterocycles. The van der Waals surface area contributed by atoms with E-state index in [4.69, 9.17) is 8.85 Å². The van der Waals surface area contributed by atoms with Crippen LogP contribution in [-0.2, 0) is 8.85 Å². The summed E-state index contributed by atoms with van der Waals surface area (Å²) >= 11 is 2.07. The van der Waals surface area contributed by atoms with Crippen molar-refractivity contribution in [2.75, 3.05) is 24.7 Å². The van der Waals surface area contributed by atoms with Crippen LogP contribution in [0.1, 0.15) is 48.0 Å². The highest BCUT2D eigenvalue weighted by Crippen LogP contribution is 2.43. The fourth-order valence-electron chi connectivity index (χ4n) is 2.02. The molecule has 0 aromatic rings. The van der Waals surface area contributed by atoms with Gasteiger partial charge in [0.1, 0.15) is 0 Å². The summed E-state index contributed by atoms with van der Waals surface area (Å²) in [5.74, 6) is 2.44. The first-order valence-corrected chi connectivity index (χ1v) is 15.9. The third-order valence-corrected chi connectivity index (χ3v) is 16.5. The summed E-state index contributed by atoms with van der Waals surface area (Å²) in [6.07, 6.45) is 1.24. The average molecular weight is 377 g/mol. The van der Waals surface area contributed by atoms with E-state index in [1.54, 1.807) is 0 Å². The highest BCUT2D eigenvalue weighted by molar-refractivity contribution is 7.99. The molecule has 1 fully saturated rings. The molecule has 0 aromatic heterocycles. The van der Waals surface area contributed by atoms with Crippen LogP contribution in [0.25, 0.3) is 0 Å². The maximum atomic E-state index is 6.59. The Labute approximate surface area is 151 Å². The number of hydrogen-bond donors (Lipinski definition) is 0.